The normalized spacial score (nSPS) is 11.5. The van der Waals surface area contributed by atoms with E-state index in [9.17, 15) is 22.8 Å². The Morgan fingerprint density at radius 3 is 2.23 bits per heavy atom. The zero-order valence-corrected chi connectivity index (χ0v) is 20.0. The van der Waals surface area contributed by atoms with Crippen molar-refractivity contribution in [3.8, 4) is 0 Å². The second-order valence-corrected chi connectivity index (χ2v) is 8.91. The number of aryl methyl sites for hydroxylation is 1. The zero-order chi connectivity index (χ0) is 25.6. The SMILES string of the molecule is Cc1ccc(CN(Cc2ccccc2)C(=O)CN(CC(C)C)C(=O)c2cccc(C(F)(F)F)c2)o1. The van der Waals surface area contributed by atoms with Crippen LogP contribution in [0, 0.1) is 12.8 Å². The van der Waals surface area contributed by atoms with Gasteiger partial charge in [-0.25, -0.2) is 0 Å². The van der Waals surface area contributed by atoms with E-state index in [1.54, 1.807) is 11.0 Å². The maximum absolute atomic E-state index is 13.4. The highest BCUT2D eigenvalue weighted by molar-refractivity contribution is 5.96. The molecule has 0 aliphatic rings. The Morgan fingerprint density at radius 1 is 0.914 bits per heavy atom. The number of nitrogens with zero attached hydrogens (tertiary/aromatic N) is 2. The van der Waals surface area contributed by atoms with Gasteiger partial charge < -0.3 is 14.2 Å². The minimum absolute atomic E-state index is 0.00726. The third-order valence-electron chi connectivity index (χ3n) is 5.35. The Hall–Kier alpha value is -3.55. The Bertz CT molecular complexity index is 1140. The monoisotopic (exact) mass is 486 g/mol. The predicted octanol–water partition coefficient (Wildman–Crippen LogP) is 5.93. The molecule has 0 aliphatic carbocycles. The number of hydrogen-bond acceptors (Lipinski definition) is 3. The highest BCUT2D eigenvalue weighted by Crippen LogP contribution is 2.30. The van der Waals surface area contributed by atoms with Crippen LogP contribution in [0.15, 0.2) is 71.1 Å². The molecule has 0 bridgehead atoms. The molecule has 0 N–H and O–H groups in total. The van der Waals surface area contributed by atoms with E-state index < -0.39 is 17.6 Å². The van der Waals surface area contributed by atoms with Crippen LogP contribution in [0.25, 0.3) is 0 Å². The quantitative estimate of drug-likeness (QED) is 0.377. The van der Waals surface area contributed by atoms with Crippen molar-refractivity contribution in [2.75, 3.05) is 13.1 Å². The maximum Gasteiger partial charge on any atom is 0.416 e. The van der Waals surface area contributed by atoms with E-state index in [2.05, 4.69) is 0 Å². The number of furan rings is 1. The van der Waals surface area contributed by atoms with Gasteiger partial charge in [-0.3, -0.25) is 9.59 Å². The minimum Gasteiger partial charge on any atom is -0.464 e. The van der Waals surface area contributed by atoms with E-state index in [-0.39, 0.29) is 37.0 Å². The Morgan fingerprint density at radius 2 is 1.63 bits per heavy atom. The maximum atomic E-state index is 13.4. The number of amides is 2. The lowest BCUT2D eigenvalue weighted by Gasteiger charge is -2.28. The number of halogens is 3. The van der Waals surface area contributed by atoms with Gasteiger partial charge in [-0.1, -0.05) is 50.2 Å². The predicted molar refractivity (Wildman–Crippen MR) is 126 cm³/mol. The van der Waals surface area contributed by atoms with Crippen LogP contribution < -0.4 is 0 Å². The summed E-state index contributed by atoms with van der Waals surface area (Å²) in [7, 11) is 0. The van der Waals surface area contributed by atoms with Crippen LogP contribution in [0.5, 0.6) is 0 Å². The van der Waals surface area contributed by atoms with E-state index in [4.69, 9.17) is 4.42 Å². The third-order valence-corrected chi connectivity index (χ3v) is 5.35. The molecule has 0 spiro atoms. The summed E-state index contributed by atoms with van der Waals surface area (Å²) in [6, 6.07) is 17.3. The number of benzene rings is 2. The van der Waals surface area contributed by atoms with Crippen molar-refractivity contribution in [2.24, 2.45) is 5.92 Å². The lowest BCUT2D eigenvalue weighted by atomic mass is 10.1. The molecular weight excluding hydrogens is 457 g/mol. The molecule has 1 heterocycles. The standard InChI is InChI=1S/C27H29F3N2O3/c1-19(2)15-32(26(34)22-10-7-11-23(14-22)27(28,29)30)18-25(33)31(16-21-8-5-4-6-9-21)17-24-13-12-20(3)35-24/h4-14,19H,15-18H2,1-3H3. The fourth-order valence-corrected chi connectivity index (χ4v) is 3.73. The average molecular weight is 487 g/mol. The van der Waals surface area contributed by atoms with Gasteiger partial charge in [-0.05, 0) is 48.7 Å². The summed E-state index contributed by atoms with van der Waals surface area (Å²) < 4.78 is 45.2. The van der Waals surface area contributed by atoms with Crippen LogP contribution in [0.3, 0.4) is 0 Å². The van der Waals surface area contributed by atoms with Gasteiger partial charge in [0.05, 0.1) is 12.1 Å². The molecular formula is C27H29F3N2O3. The third kappa shape index (κ3) is 7.47. The number of hydrogen-bond donors (Lipinski definition) is 0. The zero-order valence-electron chi connectivity index (χ0n) is 20.0. The van der Waals surface area contributed by atoms with Gasteiger partial charge >= 0.3 is 6.18 Å². The smallest absolute Gasteiger partial charge is 0.416 e. The first-order valence-corrected chi connectivity index (χ1v) is 11.4. The van der Waals surface area contributed by atoms with Crippen molar-refractivity contribution >= 4 is 11.8 Å². The van der Waals surface area contributed by atoms with E-state index >= 15 is 0 Å². The van der Waals surface area contributed by atoms with Crippen LogP contribution in [0.2, 0.25) is 0 Å². The molecule has 0 aliphatic heterocycles. The highest BCUT2D eigenvalue weighted by atomic mass is 19.4. The van der Waals surface area contributed by atoms with Gasteiger partial charge in [0.2, 0.25) is 5.91 Å². The summed E-state index contributed by atoms with van der Waals surface area (Å²) in [5.41, 5.74) is -0.105. The molecule has 1 aromatic heterocycles. The lowest BCUT2D eigenvalue weighted by Crippen LogP contribution is -2.44. The summed E-state index contributed by atoms with van der Waals surface area (Å²) in [4.78, 5) is 29.5. The van der Waals surface area contributed by atoms with Crippen LogP contribution >= 0.6 is 0 Å². The highest BCUT2D eigenvalue weighted by Gasteiger charge is 2.32. The molecule has 2 amide bonds. The molecule has 0 atom stereocenters. The molecule has 5 nitrogen and oxygen atoms in total. The Balaban J connectivity index is 1.85. The lowest BCUT2D eigenvalue weighted by molar-refractivity contribution is -0.137. The summed E-state index contributed by atoms with van der Waals surface area (Å²) in [5.74, 6) is 0.378. The molecule has 3 aromatic rings. The molecule has 8 heteroatoms. The van der Waals surface area contributed by atoms with Gasteiger partial charge in [0.1, 0.15) is 18.1 Å². The number of carbonyl (C=O) groups is 2. The molecule has 0 radical (unpaired) electrons. The molecule has 2 aromatic carbocycles. The van der Waals surface area contributed by atoms with Gasteiger partial charge in [-0.15, -0.1) is 0 Å². The van der Waals surface area contributed by atoms with Gasteiger partial charge in [-0.2, -0.15) is 13.2 Å². The van der Waals surface area contributed by atoms with E-state index in [0.717, 1.165) is 17.7 Å². The summed E-state index contributed by atoms with van der Waals surface area (Å²) in [6.07, 6.45) is -4.57. The molecule has 0 fully saturated rings. The van der Waals surface area contributed by atoms with Crippen molar-refractivity contribution in [3.05, 3.63) is 94.9 Å². The molecule has 35 heavy (non-hydrogen) atoms. The van der Waals surface area contributed by atoms with Crippen molar-refractivity contribution in [3.63, 3.8) is 0 Å². The van der Waals surface area contributed by atoms with Gasteiger partial charge in [0.15, 0.2) is 0 Å². The van der Waals surface area contributed by atoms with E-state index in [1.807, 2.05) is 57.2 Å². The molecule has 186 valence electrons. The number of alkyl halides is 3. The van der Waals surface area contributed by atoms with Gasteiger partial charge in [0, 0.05) is 18.7 Å². The van der Waals surface area contributed by atoms with Crippen molar-refractivity contribution in [1.82, 2.24) is 9.80 Å². The molecule has 0 saturated carbocycles. The first kappa shape index (κ1) is 26.1. The second-order valence-electron chi connectivity index (χ2n) is 8.91. The molecule has 3 rings (SSSR count). The summed E-state index contributed by atoms with van der Waals surface area (Å²) in [5, 5.41) is 0. The van der Waals surface area contributed by atoms with Crippen LogP contribution in [0.1, 0.15) is 46.9 Å². The van der Waals surface area contributed by atoms with Crippen LogP contribution in [0.4, 0.5) is 13.2 Å². The van der Waals surface area contributed by atoms with Crippen LogP contribution in [-0.4, -0.2) is 34.7 Å². The number of rotatable bonds is 9. The fraction of sp³-hybridized carbons (Fsp3) is 0.333. The van der Waals surface area contributed by atoms with Crippen molar-refractivity contribution < 1.29 is 27.2 Å². The minimum atomic E-state index is -4.57. The first-order valence-electron chi connectivity index (χ1n) is 11.4. The van der Waals surface area contributed by atoms with E-state index in [1.165, 1.54) is 17.0 Å². The second kappa shape index (κ2) is 11.3. The van der Waals surface area contributed by atoms with Crippen LogP contribution in [-0.2, 0) is 24.1 Å². The van der Waals surface area contributed by atoms with Crippen molar-refractivity contribution in [2.45, 2.75) is 40.0 Å². The first-order chi connectivity index (χ1) is 16.5. The molecule has 0 saturated heterocycles. The topological polar surface area (TPSA) is 53.8 Å². The number of carbonyl (C=O) groups excluding carboxylic acids is 2. The fourth-order valence-electron chi connectivity index (χ4n) is 3.73. The molecule has 0 unspecified atom stereocenters. The average Bonchev–Trinajstić information content (AvgIpc) is 3.22. The summed E-state index contributed by atoms with van der Waals surface area (Å²) >= 11 is 0. The van der Waals surface area contributed by atoms with E-state index in [0.29, 0.717) is 18.1 Å². The Kier molecular flexibility index (Phi) is 8.38. The van der Waals surface area contributed by atoms with Crippen molar-refractivity contribution in [1.29, 1.82) is 0 Å². The van der Waals surface area contributed by atoms with Gasteiger partial charge in [0.25, 0.3) is 5.91 Å². The largest absolute Gasteiger partial charge is 0.464 e. The summed E-state index contributed by atoms with van der Waals surface area (Å²) in [6.45, 7) is 6.03. The Labute approximate surface area is 203 Å².